The highest BCUT2D eigenvalue weighted by Crippen LogP contribution is 2.27. The van der Waals surface area contributed by atoms with Gasteiger partial charge in [0.2, 0.25) is 5.91 Å². The van der Waals surface area contributed by atoms with Gasteiger partial charge in [0, 0.05) is 32.4 Å². The average molecular weight is 355 g/mol. The van der Waals surface area contributed by atoms with Crippen LogP contribution in [0.3, 0.4) is 0 Å². The number of methoxy groups -OCH3 is 1. The van der Waals surface area contributed by atoms with Crippen molar-refractivity contribution in [1.82, 2.24) is 20.0 Å². The quantitative estimate of drug-likeness (QED) is 0.821. The van der Waals surface area contributed by atoms with Crippen LogP contribution in [0.5, 0.6) is 11.5 Å². The molecule has 0 aliphatic rings. The second-order valence-corrected chi connectivity index (χ2v) is 5.37. The van der Waals surface area contributed by atoms with Crippen LogP contribution in [0.2, 0.25) is 0 Å². The number of rotatable bonds is 6. The van der Waals surface area contributed by atoms with Gasteiger partial charge in [-0.1, -0.05) is 6.07 Å². The summed E-state index contributed by atoms with van der Waals surface area (Å²) >= 11 is 0. The number of hydrogen-bond donors (Lipinski definition) is 2. The Bertz CT molecular complexity index is 690. The highest BCUT2D eigenvalue weighted by molar-refractivity contribution is 5.85. The van der Waals surface area contributed by atoms with Crippen molar-refractivity contribution >= 4 is 18.3 Å². The van der Waals surface area contributed by atoms with Crippen LogP contribution in [0.1, 0.15) is 17.2 Å². The van der Waals surface area contributed by atoms with Crippen molar-refractivity contribution in [2.75, 3.05) is 21.2 Å². The van der Waals surface area contributed by atoms with E-state index < -0.39 is 6.04 Å². The van der Waals surface area contributed by atoms with E-state index in [4.69, 9.17) is 4.74 Å². The standard InChI is InChI=1S/C16H22N4O3.ClH/c1-17-15(12-8-18-20(3)10-12)16(22)19(2)9-11-5-6-14(23-4)13(21)7-11;/h5-8,10,15,17,21H,9H2,1-4H3;1H. The average Bonchev–Trinajstić information content (AvgIpc) is 2.94. The van der Waals surface area contributed by atoms with E-state index in [0.717, 1.165) is 11.1 Å². The lowest BCUT2D eigenvalue weighted by atomic mass is 10.1. The topological polar surface area (TPSA) is 79.6 Å². The lowest BCUT2D eigenvalue weighted by molar-refractivity contribution is -0.132. The molecule has 1 atom stereocenters. The summed E-state index contributed by atoms with van der Waals surface area (Å²) in [7, 11) is 6.77. The van der Waals surface area contributed by atoms with Crippen LogP contribution in [0, 0.1) is 0 Å². The summed E-state index contributed by atoms with van der Waals surface area (Å²) in [4.78, 5) is 14.2. The molecule has 0 saturated carbocycles. The highest BCUT2D eigenvalue weighted by atomic mass is 35.5. The molecule has 0 saturated heterocycles. The Kier molecular flexibility index (Phi) is 7.06. The van der Waals surface area contributed by atoms with Gasteiger partial charge in [0.1, 0.15) is 6.04 Å². The second-order valence-electron chi connectivity index (χ2n) is 5.37. The summed E-state index contributed by atoms with van der Waals surface area (Å²) in [6.07, 6.45) is 3.48. The summed E-state index contributed by atoms with van der Waals surface area (Å²) in [5.41, 5.74) is 1.63. The van der Waals surface area contributed by atoms with E-state index in [9.17, 15) is 9.90 Å². The first-order valence-electron chi connectivity index (χ1n) is 7.23. The summed E-state index contributed by atoms with van der Waals surface area (Å²) in [6, 6.07) is 4.64. The molecule has 1 aromatic carbocycles. The van der Waals surface area contributed by atoms with Crippen LogP contribution >= 0.6 is 12.4 Å². The van der Waals surface area contributed by atoms with E-state index >= 15 is 0 Å². The molecule has 2 N–H and O–H groups in total. The first kappa shape index (κ1) is 19.8. The minimum atomic E-state index is -0.458. The zero-order valence-corrected chi connectivity index (χ0v) is 15.0. The molecule has 1 aromatic heterocycles. The van der Waals surface area contributed by atoms with E-state index in [0.29, 0.717) is 12.3 Å². The van der Waals surface area contributed by atoms with Crippen LogP contribution in [0.25, 0.3) is 0 Å². The van der Waals surface area contributed by atoms with E-state index in [1.807, 2.05) is 19.3 Å². The molecule has 1 unspecified atom stereocenters. The zero-order valence-electron chi connectivity index (χ0n) is 14.2. The van der Waals surface area contributed by atoms with Gasteiger partial charge in [-0.3, -0.25) is 9.48 Å². The van der Waals surface area contributed by atoms with Crippen molar-refractivity contribution in [2.24, 2.45) is 7.05 Å². The van der Waals surface area contributed by atoms with Crippen LogP contribution < -0.4 is 10.1 Å². The molecule has 2 aromatic rings. The first-order valence-corrected chi connectivity index (χ1v) is 7.23. The highest BCUT2D eigenvalue weighted by Gasteiger charge is 2.23. The molecule has 1 heterocycles. The third-order valence-electron chi connectivity index (χ3n) is 3.63. The number of likely N-dealkylation sites (N-methyl/N-ethyl adjacent to an activating group) is 2. The Morgan fingerprint density at radius 3 is 2.71 bits per heavy atom. The third kappa shape index (κ3) is 4.39. The number of aromatic hydroxyl groups is 1. The maximum absolute atomic E-state index is 12.6. The molecule has 0 fully saturated rings. The molecule has 24 heavy (non-hydrogen) atoms. The molecule has 0 bridgehead atoms. The van der Waals surface area contributed by atoms with E-state index in [1.54, 1.807) is 42.0 Å². The summed E-state index contributed by atoms with van der Waals surface area (Å²) in [5, 5.41) is 16.9. The molecular formula is C16H23ClN4O3. The van der Waals surface area contributed by atoms with Crippen LogP contribution in [-0.4, -0.2) is 46.9 Å². The second kappa shape index (κ2) is 8.56. The number of nitrogens with one attached hydrogen (secondary N) is 1. The fourth-order valence-electron chi connectivity index (χ4n) is 2.43. The van der Waals surface area contributed by atoms with E-state index in [2.05, 4.69) is 10.4 Å². The van der Waals surface area contributed by atoms with E-state index in [-0.39, 0.29) is 24.1 Å². The molecule has 8 heteroatoms. The fraction of sp³-hybridized carbons (Fsp3) is 0.375. The van der Waals surface area contributed by atoms with E-state index in [1.165, 1.54) is 7.11 Å². The molecule has 0 aliphatic heterocycles. The number of phenols is 1. The predicted molar refractivity (Wildman–Crippen MR) is 93.4 cm³/mol. The Labute approximate surface area is 147 Å². The van der Waals surface area contributed by atoms with Crippen molar-refractivity contribution < 1.29 is 14.6 Å². The number of benzene rings is 1. The summed E-state index contributed by atoms with van der Waals surface area (Å²) < 4.78 is 6.68. The van der Waals surface area contributed by atoms with Gasteiger partial charge in [0.15, 0.2) is 11.5 Å². The molecule has 7 nitrogen and oxygen atoms in total. The minimum absolute atomic E-state index is 0. The normalized spacial score (nSPS) is 11.5. The van der Waals surface area contributed by atoms with Gasteiger partial charge < -0.3 is 20.1 Å². The molecule has 0 spiro atoms. The maximum Gasteiger partial charge on any atom is 0.244 e. The molecule has 2 rings (SSSR count). The molecule has 1 amide bonds. The SMILES string of the molecule is CNC(C(=O)N(C)Cc1ccc(OC)c(O)c1)c1cnn(C)c1.Cl. The van der Waals surface area contributed by atoms with Crippen molar-refractivity contribution in [2.45, 2.75) is 12.6 Å². The predicted octanol–water partition coefficient (Wildman–Crippen LogP) is 1.48. The lowest BCUT2D eigenvalue weighted by Gasteiger charge is -2.23. The number of nitrogens with zero attached hydrogens (tertiary/aromatic N) is 3. The third-order valence-corrected chi connectivity index (χ3v) is 3.63. The Morgan fingerprint density at radius 2 is 2.21 bits per heavy atom. The number of carbonyl (C=O) groups is 1. The number of aromatic nitrogens is 2. The number of hydrogen-bond acceptors (Lipinski definition) is 5. The van der Waals surface area contributed by atoms with Crippen molar-refractivity contribution in [3.8, 4) is 11.5 Å². The molecule has 0 aliphatic carbocycles. The monoisotopic (exact) mass is 354 g/mol. The van der Waals surface area contributed by atoms with Gasteiger partial charge in [0.25, 0.3) is 0 Å². The maximum atomic E-state index is 12.6. The number of amides is 1. The smallest absolute Gasteiger partial charge is 0.244 e. The van der Waals surface area contributed by atoms with Gasteiger partial charge in [0.05, 0.1) is 13.3 Å². The van der Waals surface area contributed by atoms with Gasteiger partial charge in [-0.05, 0) is 24.7 Å². The molecule has 0 radical (unpaired) electrons. The lowest BCUT2D eigenvalue weighted by Crippen LogP contribution is -2.37. The van der Waals surface area contributed by atoms with Gasteiger partial charge >= 0.3 is 0 Å². The number of aryl methyl sites for hydroxylation is 1. The fourth-order valence-corrected chi connectivity index (χ4v) is 2.43. The Hall–Kier alpha value is -2.25. The number of phenolic OH excluding ortho intramolecular Hbond substituents is 1. The zero-order chi connectivity index (χ0) is 17.0. The van der Waals surface area contributed by atoms with Gasteiger partial charge in [-0.25, -0.2) is 0 Å². The van der Waals surface area contributed by atoms with Gasteiger partial charge in [-0.15, -0.1) is 12.4 Å². The van der Waals surface area contributed by atoms with Crippen LogP contribution in [0.15, 0.2) is 30.6 Å². The number of carbonyl (C=O) groups excluding carboxylic acids is 1. The Balaban J connectivity index is 0.00000288. The number of halogens is 1. The van der Waals surface area contributed by atoms with Crippen molar-refractivity contribution in [3.05, 3.63) is 41.7 Å². The Morgan fingerprint density at radius 1 is 1.50 bits per heavy atom. The first-order chi connectivity index (χ1) is 11.0. The number of ether oxygens (including phenoxy) is 1. The largest absolute Gasteiger partial charge is 0.504 e. The molecular weight excluding hydrogens is 332 g/mol. The van der Waals surface area contributed by atoms with Crippen molar-refractivity contribution in [1.29, 1.82) is 0 Å². The molecule has 132 valence electrons. The minimum Gasteiger partial charge on any atom is -0.504 e. The summed E-state index contributed by atoms with van der Waals surface area (Å²) in [6.45, 7) is 0.384. The van der Waals surface area contributed by atoms with Gasteiger partial charge in [-0.2, -0.15) is 5.10 Å². The van der Waals surface area contributed by atoms with Crippen molar-refractivity contribution in [3.63, 3.8) is 0 Å². The van der Waals surface area contributed by atoms with Crippen LogP contribution in [0.4, 0.5) is 0 Å². The van der Waals surface area contributed by atoms with Crippen LogP contribution in [-0.2, 0) is 18.4 Å². The summed E-state index contributed by atoms with van der Waals surface area (Å²) in [5.74, 6) is 0.394.